The number of rotatable bonds is 4. The molecule has 1 aliphatic rings. The van der Waals surface area contributed by atoms with E-state index in [1.807, 2.05) is 25.1 Å². The maximum absolute atomic E-state index is 12.6. The molecule has 116 valence electrons. The van der Waals surface area contributed by atoms with Crippen molar-refractivity contribution in [1.82, 2.24) is 9.71 Å². The molecule has 0 bridgehead atoms. The quantitative estimate of drug-likeness (QED) is 0.943. The minimum absolute atomic E-state index is 0.310. The highest BCUT2D eigenvalue weighted by molar-refractivity contribution is 7.89. The second kappa shape index (κ2) is 6.18. The van der Waals surface area contributed by atoms with Crippen LogP contribution in [0.2, 0.25) is 0 Å². The van der Waals surface area contributed by atoms with Gasteiger partial charge in [-0.2, -0.15) is 0 Å². The molecular formula is C17H20N2O2S. The smallest absolute Gasteiger partial charge is 0.241 e. The molecule has 5 heteroatoms. The van der Waals surface area contributed by atoms with Crippen LogP contribution in [0.5, 0.6) is 0 Å². The van der Waals surface area contributed by atoms with Gasteiger partial charge in [0.25, 0.3) is 0 Å². The molecule has 0 saturated carbocycles. The van der Waals surface area contributed by atoms with Gasteiger partial charge in [0.2, 0.25) is 10.0 Å². The fraction of sp³-hybridized carbons (Fsp3) is 0.353. The van der Waals surface area contributed by atoms with Crippen molar-refractivity contribution in [2.45, 2.75) is 43.5 Å². The Morgan fingerprint density at radius 1 is 1.14 bits per heavy atom. The second-order valence-electron chi connectivity index (χ2n) is 5.77. The molecule has 1 N–H and O–H groups in total. The normalized spacial score (nSPS) is 16.0. The third-order valence-electron chi connectivity index (χ3n) is 4.15. The number of benzene rings is 1. The fourth-order valence-corrected chi connectivity index (χ4v) is 4.16. The predicted octanol–water partition coefficient (Wildman–Crippen LogP) is 3.00. The van der Waals surface area contributed by atoms with Crippen LogP contribution in [0.3, 0.4) is 0 Å². The molecule has 3 rings (SSSR count). The molecule has 22 heavy (non-hydrogen) atoms. The molecule has 1 aromatic heterocycles. The van der Waals surface area contributed by atoms with Crippen LogP contribution in [-0.2, 0) is 22.9 Å². The third kappa shape index (κ3) is 3.20. The van der Waals surface area contributed by atoms with E-state index in [1.54, 1.807) is 24.5 Å². The number of aryl methyl sites for hydroxylation is 2. The van der Waals surface area contributed by atoms with Crippen LogP contribution in [0.4, 0.5) is 0 Å². The van der Waals surface area contributed by atoms with Gasteiger partial charge in [0.1, 0.15) is 0 Å². The van der Waals surface area contributed by atoms with Crippen LogP contribution in [0, 0.1) is 0 Å². The Labute approximate surface area is 131 Å². The highest BCUT2D eigenvalue weighted by Crippen LogP contribution is 2.25. The lowest BCUT2D eigenvalue weighted by Gasteiger charge is -2.18. The lowest BCUT2D eigenvalue weighted by atomic mass is 9.92. The number of hydrogen-bond donors (Lipinski definition) is 1. The van der Waals surface area contributed by atoms with Crippen LogP contribution >= 0.6 is 0 Å². The van der Waals surface area contributed by atoms with Crippen LogP contribution in [0.25, 0.3) is 0 Å². The summed E-state index contributed by atoms with van der Waals surface area (Å²) in [4.78, 5) is 4.38. The summed E-state index contributed by atoms with van der Waals surface area (Å²) >= 11 is 0. The molecule has 0 saturated heterocycles. The van der Waals surface area contributed by atoms with Gasteiger partial charge in [-0.3, -0.25) is 4.98 Å². The maximum Gasteiger partial charge on any atom is 0.241 e. The predicted molar refractivity (Wildman–Crippen MR) is 86.1 cm³/mol. The molecule has 0 spiro atoms. The first-order chi connectivity index (χ1) is 10.6. The van der Waals surface area contributed by atoms with Crippen molar-refractivity contribution in [1.29, 1.82) is 0 Å². The number of nitrogens with zero attached hydrogens (tertiary/aromatic N) is 1. The zero-order chi connectivity index (χ0) is 15.6. The molecule has 0 fully saturated rings. The average molecular weight is 316 g/mol. The van der Waals surface area contributed by atoms with Crippen molar-refractivity contribution in [3.63, 3.8) is 0 Å². The van der Waals surface area contributed by atoms with Gasteiger partial charge in [-0.05, 0) is 67.5 Å². The third-order valence-corrected chi connectivity index (χ3v) is 5.68. The molecule has 2 aromatic rings. The fourth-order valence-electron chi connectivity index (χ4n) is 2.88. The Bertz CT molecular complexity index is 757. The highest BCUT2D eigenvalue weighted by atomic mass is 32.2. The van der Waals surface area contributed by atoms with E-state index in [9.17, 15) is 8.42 Å². The zero-order valence-electron chi connectivity index (χ0n) is 12.6. The first-order valence-corrected chi connectivity index (χ1v) is 9.09. The van der Waals surface area contributed by atoms with Crippen LogP contribution in [0.15, 0.2) is 47.6 Å². The summed E-state index contributed by atoms with van der Waals surface area (Å²) in [6, 6.07) is 8.86. The second-order valence-corrected chi connectivity index (χ2v) is 7.48. The van der Waals surface area contributed by atoms with Crippen LogP contribution in [0.1, 0.15) is 42.5 Å². The van der Waals surface area contributed by atoms with Crippen molar-refractivity contribution in [3.8, 4) is 0 Å². The maximum atomic E-state index is 12.6. The minimum atomic E-state index is -3.52. The number of pyridine rings is 1. The number of fused-ring (bicyclic) bond motifs is 1. The molecule has 0 unspecified atom stereocenters. The largest absolute Gasteiger partial charge is 0.264 e. The average Bonchev–Trinajstić information content (AvgIpc) is 2.55. The number of hydrogen-bond acceptors (Lipinski definition) is 3. The summed E-state index contributed by atoms with van der Waals surface area (Å²) in [5.41, 5.74) is 3.30. The number of nitrogens with one attached hydrogen (secondary N) is 1. The first kappa shape index (κ1) is 15.2. The molecular weight excluding hydrogens is 296 g/mol. The van der Waals surface area contributed by atoms with Crippen molar-refractivity contribution >= 4 is 10.0 Å². The lowest BCUT2D eigenvalue weighted by Crippen LogP contribution is -2.27. The number of sulfonamides is 1. The van der Waals surface area contributed by atoms with Crippen molar-refractivity contribution in [3.05, 3.63) is 59.4 Å². The molecule has 0 aliphatic heterocycles. The van der Waals surface area contributed by atoms with Gasteiger partial charge in [-0.15, -0.1) is 0 Å². The molecule has 1 heterocycles. The molecule has 4 nitrogen and oxygen atoms in total. The van der Waals surface area contributed by atoms with E-state index in [-0.39, 0.29) is 6.04 Å². The van der Waals surface area contributed by atoms with Crippen molar-refractivity contribution in [2.24, 2.45) is 0 Å². The summed E-state index contributed by atoms with van der Waals surface area (Å²) in [6.07, 6.45) is 7.70. The van der Waals surface area contributed by atoms with Gasteiger partial charge >= 0.3 is 0 Å². The SMILES string of the molecule is C[C@@H](NS(=O)(=O)c1ccc2c(c1)CCCC2)c1cccnc1. The Hall–Kier alpha value is -1.72. The summed E-state index contributed by atoms with van der Waals surface area (Å²) in [5.74, 6) is 0. The topological polar surface area (TPSA) is 59.1 Å². The van der Waals surface area contributed by atoms with Crippen molar-refractivity contribution < 1.29 is 8.42 Å². The standard InChI is InChI=1S/C17H20N2O2S/c1-13(16-7-4-10-18-12-16)19-22(20,21)17-9-8-14-5-2-3-6-15(14)11-17/h4,7-13,19H,2-3,5-6H2,1H3/t13-/m1/s1. The van der Waals surface area contributed by atoms with Crippen LogP contribution < -0.4 is 4.72 Å². The Morgan fingerprint density at radius 3 is 2.64 bits per heavy atom. The molecule has 0 amide bonds. The molecule has 1 aromatic carbocycles. The van der Waals surface area contributed by atoms with E-state index in [1.165, 1.54) is 17.5 Å². The van der Waals surface area contributed by atoms with Crippen molar-refractivity contribution in [2.75, 3.05) is 0 Å². The van der Waals surface area contributed by atoms with E-state index in [2.05, 4.69) is 9.71 Å². The van der Waals surface area contributed by atoms with Gasteiger partial charge in [0.15, 0.2) is 0 Å². The van der Waals surface area contributed by atoms with E-state index < -0.39 is 10.0 Å². The van der Waals surface area contributed by atoms with Gasteiger partial charge < -0.3 is 0 Å². The van der Waals surface area contributed by atoms with Gasteiger partial charge in [0, 0.05) is 18.4 Å². The van der Waals surface area contributed by atoms with E-state index in [4.69, 9.17) is 0 Å². The highest BCUT2D eigenvalue weighted by Gasteiger charge is 2.20. The van der Waals surface area contributed by atoms with Gasteiger partial charge in [-0.25, -0.2) is 13.1 Å². The zero-order valence-corrected chi connectivity index (χ0v) is 13.4. The van der Waals surface area contributed by atoms with E-state index in [0.717, 1.165) is 24.8 Å². The Morgan fingerprint density at radius 2 is 1.91 bits per heavy atom. The number of aromatic nitrogens is 1. The molecule has 1 atom stereocenters. The summed E-state index contributed by atoms with van der Waals surface area (Å²) in [5, 5.41) is 0. The molecule has 0 radical (unpaired) electrons. The summed E-state index contributed by atoms with van der Waals surface area (Å²) in [6.45, 7) is 1.83. The summed E-state index contributed by atoms with van der Waals surface area (Å²) < 4.78 is 27.9. The Balaban J connectivity index is 1.84. The van der Waals surface area contributed by atoms with Gasteiger partial charge in [0.05, 0.1) is 4.90 Å². The minimum Gasteiger partial charge on any atom is -0.264 e. The monoisotopic (exact) mass is 316 g/mol. The summed E-state index contributed by atoms with van der Waals surface area (Å²) in [7, 11) is -3.52. The molecule has 1 aliphatic carbocycles. The van der Waals surface area contributed by atoms with Gasteiger partial charge in [-0.1, -0.05) is 12.1 Å². The Kier molecular flexibility index (Phi) is 4.27. The van der Waals surface area contributed by atoms with E-state index >= 15 is 0 Å². The van der Waals surface area contributed by atoms with Crippen LogP contribution in [-0.4, -0.2) is 13.4 Å². The lowest BCUT2D eigenvalue weighted by molar-refractivity contribution is 0.566. The van der Waals surface area contributed by atoms with E-state index in [0.29, 0.717) is 4.90 Å². The first-order valence-electron chi connectivity index (χ1n) is 7.60.